The number of alkyl halides is 1. The van der Waals surface area contributed by atoms with Gasteiger partial charge < -0.3 is 4.90 Å². The Balaban J connectivity index is 3.25. The van der Waals surface area contributed by atoms with E-state index in [9.17, 15) is 14.0 Å². The smallest absolute Gasteiger partial charge is 0.213 e. The number of halogens is 2. The number of amides is 1. The molecule has 0 aliphatic heterocycles. The lowest BCUT2D eigenvalue weighted by Gasteiger charge is -2.14. The molecule has 0 radical (unpaired) electrons. The number of hydrogen-bond donors (Lipinski definition) is 0. The summed E-state index contributed by atoms with van der Waals surface area (Å²) in [6, 6.07) is 3.59. The maximum atomic E-state index is 12.9. The van der Waals surface area contributed by atoms with Crippen molar-refractivity contribution in [1.29, 1.82) is 0 Å². The molecule has 0 atom stereocenters. The monoisotopic (exact) mass is 229 g/mol. The summed E-state index contributed by atoms with van der Waals surface area (Å²) in [6.45, 7) is 0. The van der Waals surface area contributed by atoms with Crippen LogP contribution in [0, 0.1) is 5.82 Å². The van der Waals surface area contributed by atoms with Gasteiger partial charge in [-0.2, -0.15) is 0 Å². The Bertz CT molecular complexity index is 395. The van der Waals surface area contributed by atoms with E-state index in [0.29, 0.717) is 6.41 Å². The lowest BCUT2D eigenvalue weighted by molar-refractivity contribution is -0.107. The molecule has 0 aromatic heterocycles. The summed E-state index contributed by atoms with van der Waals surface area (Å²) < 4.78 is 12.9. The first-order valence-corrected chi connectivity index (χ1v) is 4.70. The van der Waals surface area contributed by atoms with Gasteiger partial charge in [-0.3, -0.25) is 9.59 Å². The van der Waals surface area contributed by atoms with E-state index in [1.165, 1.54) is 13.1 Å². The molecule has 0 aliphatic carbocycles. The van der Waals surface area contributed by atoms with Gasteiger partial charge in [-0.1, -0.05) is 0 Å². The third-order valence-corrected chi connectivity index (χ3v) is 2.16. The van der Waals surface area contributed by atoms with Crippen molar-refractivity contribution in [2.45, 2.75) is 0 Å². The van der Waals surface area contributed by atoms with Crippen molar-refractivity contribution in [1.82, 2.24) is 0 Å². The molecular weight excluding hydrogens is 221 g/mol. The molecule has 0 N–H and O–H groups in total. The van der Waals surface area contributed by atoms with Crippen molar-refractivity contribution < 1.29 is 14.0 Å². The van der Waals surface area contributed by atoms with Crippen LogP contribution in [0.3, 0.4) is 0 Å². The summed E-state index contributed by atoms with van der Waals surface area (Å²) in [5.41, 5.74) is 0.455. The Morgan fingerprint density at radius 2 is 2.27 bits per heavy atom. The highest BCUT2D eigenvalue weighted by molar-refractivity contribution is 6.31. The van der Waals surface area contributed by atoms with Crippen LogP contribution in [0.5, 0.6) is 0 Å². The van der Waals surface area contributed by atoms with Crippen LogP contribution in [-0.2, 0) is 4.79 Å². The van der Waals surface area contributed by atoms with Crippen LogP contribution < -0.4 is 4.90 Å². The van der Waals surface area contributed by atoms with Gasteiger partial charge in [-0.05, 0) is 18.2 Å². The average molecular weight is 230 g/mol. The van der Waals surface area contributed by atoms with Gasteiger partial charge in [0.1, 0.15) is 5.82 Å². The zero-order valence-electron chi connectivity index (χ0n) is 8.04. The summed E-state index contributed by atoms with van der Waals surface area (Å²) in [6.07, 6.45) is 0.500. The number of ketones is 1. The van der Waals surface area contributed by atoms with Crippen LogP contribution in [0.25, 0.3) is 0 Å². The molecule has 0 bridgehead atoms. The highest BCUT2D eigenvalue weighted by atomic mass is 35.5. The number of rotatable bonds is 4. The number of carbonyl (C=O) groups excluding carboxylic acids is 2. The van der Waals surface area contributed by atoms with E-state index in [4.69, 9.17) is 11.6 Å². The Labute approximate surface area is 91.4 Å². The molecule has 1 rings (SSSR count). The molecule has 0 unspecified atom stereocenters. The van der Waals surface area contributed by atoms with Gasteiger partial charge in [0.05, 0.1) is 11.6 Å². The van der Waals surface area contributed by atoms with Crippen LogP contribution in [0.1, 0.15) is 10.4 Å². The largest absolute Gasteiger partial charge is 0.317 e. The zero-order chi connectivity index (χ0) is 11.4. The molecule has 0 heterocycles. The molecule has 80 valence electrons. The van der Waals surface area contributed by atoms with Gasteiger partial charge in [0.25, 0.3) is 0 Å². The van der Waals surface area contributed by atoms with Crippen LogP contribution in [0.2, 0.25) is 0 Å². The SMILES string of the molecule is CN(C=O)c1cc(F)ccc1C(=O)CCl. The van der Waals surface area contributed by atoms with Crippen molar-refractivity contribution in [2.24, 2.45) is 0 Å². The minimum Gasteiger partial charge on any atom is -0.317 e. The quantitative estimate of drug-likeness (QED) is 0.449. The Morgan fingerprint density at radius 1 is 1.60 bits per heavy atom. The molecule has 1 aromatic carbocycles. The van der Waals surface area contributed by atoms with Crippen molar-refractivity contribution >= 4 is 29.5 Å². The number of nitrogens with zero attached hydrogens (tertiary/aromatic N) is 1. The molecule has 5 heteroatoms. The number of carbonyl (C=O) groups is 2. The van der Waals surface area contributed by atoms with Crippen LogP contribution in [0.4, 0.5) is 10.1 Å². The number of benzene rings is 1. The summed E-state index contributed by atoms with van der Waals surface area (Å²) in [4.78, 5) is 23.0. The van der Waals surface area contributed by atoms with Gasteiger partial charge in [0.15, 0.2) is 5.78 Å². The molecule has 0 spiro atoms. The highest BCUT2D eigenvalue weighted by Crippen LogP contribution is 2.20. The van der Waals surface area contributed by atoms with Crippen molar-refractivity contribution in [3.63, 3.8) is 0 Å². The predicted molar refractivity (Wildman–Crippen MR) is 55.9 cm³/mol. The molecule has 0 fully saturated rings. The second-order valence-electron chi connectivity index (χ2n) is 2.93. The Kier molecular flexibility index (Phi) is 3.80. The predicted octanol–water partition coefficient (Wildman–Crippen LogP) is 1.84. The van der Waals surface area contributed by atoms with E-state index in [1.54, 1.807) is 0 Å². The highest BCUT2D eigenvalue weighted by Gasteiger charge is 2.13. The minimum atomic E-state index is -0.509. The second kappa shape index (κ2) is 4.89. The minimum absolute atomic E-state index is 0.203. The average Bonchev–Trinajstić information content (AvgIpc) is 2.26. The van der Waals surface area contributed by atoms with Gasteiger partial charge in [0, 0.05) is 12.6 Å². The molecule has 1 aromatic rings. The van der Waals surface area contributed by atoms with Gasteiger partial charge >= 0.3 is 0 Å². The fourth-order valence-electron chi connectivity index (χ4n) is 1.16. The van der Waals surface area contributed by atoms with Gasteiger partial charge in [-0.15, -0.1) is 11.6 Å². The molecular formula is C10H9ClFNO2. The Hall–Kier alpha value is -1.42. The fourth-order valence-corrected chi connectivity index (χ4v) is 1.31. The molecule has 3 nitrogen and oxygen atoms in total. The number of Topliss-reactive ketones (excluding diaryl/α,β-unsaturated/α-hetero) is 1. The molecule has 1 amide bonds. The molecule has 0 saturated heterocycles. The summed E-state index contributed by atoms with van der Waals surface area (Å²) in [5.74, 6) is -1.06. The first-order chi connectivity index (χ1) is 7.10. The maximum absolute atomic E-state index is 12.9. The van der Waals surface area contributed by atoms with Crippen LogP contribution in [-0.4, -0.2) is 25.1 Å². The normalized spacial score (nSPS) is 9.80. The Morgan fingerprint density at radius 3 is 2.80 bits per heavy atom. The topological polar surface area (TPSA) is 37.4 Å². The maximum Gasteiger partial charge on any atom is 0.213 e. The van der Waals surface area contributed by atoms with E-state index in [1.807, 2.05) is 0 Å². The van der Waals surface area contributed by atoms with Gasteiger partial charge in [0.2, 0.25) is 6.41 Å². The summed E-state index contributed by atoms with van der Waals surface area (Å²) >= 11 is 5.40. The number of anilines is 1. The third kappa shape index (κ3) is 2.53. The van der Waals surface area contributed by atoms with E-state index < -0.39 is 5.82 Å². The van der Waals surface area contributed by atoms with Crippen LogP contribution >= 0.6 is 11.6 Å². The van der Waals surface area contributed by atoms with E-state index in [0.717, 1.165) is 17.0 Å². The zero-order valence-corrected chi connectivity index (χ0v) is 8.79. The first kappa shape index (κ1) is 11.7. The van der Waals surface area contributed by atoms with E-state index >= 15 is 0 Å². The van der Waals surface area contributed by atoms with Crippen molar-refractivity contribution in [3.8, 4) is 0 Å². The molecule has 0 aliphatic rings. The van der Waals surface area contributed by atoms with Crippen molar-refractivity contribution in [3.05, 3.63) is 29.6 Å². The standard InChI is InChI=1S/C10H9ClFNO2/c1-13(6-14)9-4-7(12)2-3-8(9)10(15)5-11/h2-4,6H,5H2,1H3. The summed E-state index contributed by atoms with van der Waals surface area (Å²) in [5, 5.41) is 0. The van der Waals surface area contributed by atoms with E-state index in [2.05, 4.69) is 0 Å². The number of hydrogen-bond acceptors (Lipinski definition) is 2. The van der Waals surface area contributed by atoms with Crippen LogP contribution in [0.15, 0.2) is 18.2 Å². The van der Waals surface area contributed by atoms with E-state index in [-0.39, 0.29) is 22.9 Å². The fraction of sp³-hybridized carbons (Fsp3) is 0.200. The van der Waals surface area contributed by atoms with Crippen molar-refractivity contribution in [2.75, 3.05) is 17.8 Å². The molecule has 15 heavy (non-hydrogen) atoms. The lowest BCUT2D eigenvalue weighted by atomic mass is 10.1. The molecule has 0 saturated carbocycles. The first-order valence-electron chi connectivity index (χ1n) is 4.17. The second-order valence-corrected chi connectivity index (χ2v) is 3.20. The van der Waals surface area contributed by atoms with Gasteiger partial charge in [-0.25, -0.2) is 4.39 Å². The third-order valence-electron chi connectivity index (χ3n) is 1.92. The lowest BCUT2D eigenvalue weighted by Crippen LogP contribution is -2.18. The summed E-state index contributed by atoms with van der Waals surface area (Å²) in [7, 11) is 1.44.